The first kappa shape index (κ1) is 18.6. The molecule has 0 bridgehead atoms. The molecule has 5 nitrogen and oxygen atoms in total. The first-order valence-corrected chi connectivity index (χ1v) is 9.91. The first-order valence-electron chi connectivity index (χ1n) is 9.53. The summed E-state index contributed by atoms with van der Waals surface area (Å²) in [6, 6.07) is 15.4. The van der Waals surface area contributed by atoms with Crippen LogP contribution in [0.1, 0.15) is 38.9 Å². The van der Waals surface area contributed by atoms with Gasteiger partial charge in [-0.15, -0.1) is 0 Å². The van der Waals surface area contributed by atoms with Crippen molar-refractivity contribution in [2.75, 3.05) is 4.90 Å². The number of hydrogen-bond donors (Lipinski definition) is 0. The Kier molecular flexibility index (Phi) is 4.22. The van der Waals surface area contributed by atoms with Crippen molar-refractivity contribution in [1.29, 1.82) is 0 Å². The van der Waals surface area contributed by atoms with Gasteiger partial charge in [-0.25, -0.2) is 4.98 Å². The van der Waals surface area contributed by atoms with Crippen LogP contribution in [0, 0.1) is 13.8 Å². The molecule has 0 aliphatic carbocycles. The summed E-state index contributed by atoms with van der Waals surface area (Å²) in [5, 5.41) is 0.977. The Labute approximate surface area is 177 Å². The lowest BCUT2D eigenvalue weighted by Crippen LogP contribution is -2.30. The molecule has 0 saturated carbocycles. The molecule has 1 unspecified atom stereocenters. The van der Waals surface area contributed by atoms with Crippen LogP contribution in [0.2, 0.25) is 5.02 Å². The number of anilines is 1. The van der Waals surface area contributed by atoms with Gasteiger partial charge in [0.1, 0.15) is 11.4 Å². The van der Waals surface area contributed by atoms with E-state index in [2.05, 4.69) is 4.98 Å². The van der Waals surface area contributed by atoms with E-state index in [9.17, 15) is 9.59 Å². The fourth-order valence-electron chi connectivity index (χ4n) is 3.95. The van der Waals surface area contributed by atoms with E-state index in [1.165, 1.54) is 4.90 Å². The fraction of sp³-hybridized carbons (Fsp3) is 0.125. The van der Waals surface area contributed by atoms with Crippen molar-refractivity contribution < 1.29 is 9.21 Å². The fourth-order valence-corrected chi connectivity index (χ4v) is 4.15. The third kappa shape index (κ3) is 2.74. The van der Waals surface area contributed by atoms with E-state index in [0.717, 1.165) is 16.7 Å². The lowest BCUT2D eigenvalue weighted by Gasteiger charge is -2.24. The van der Waals surface area contributed by atoms with Crippen molar-refractivity contribution in [3.05, 3.63) is 104 Å². The van der Waals surface area contributed by atoms with Crippen molar-refractivity contribution >= 4 is 34.3 Å². The molecule has 0 radical (unpaired) electrons. The number of amides is 1. The van der Waals surface area contributed by atoms with E-state index in [0.29, 0.717) is 27.4 Å². The highest BCUT2D eigenvalue weighted by Crippen LogP contribution is 2.41. The molecular formula is C24H17ClN2O3. The summed E-state index contributed by atoms with van der Waals surface area (Å²) >= 11 is 6.23. The van der Waals surface area contributed by atoms with Crippen LogP contribution in [-0.4, -0.2) is 10.9 Å². The third-order valence-electron chi connectivity index (χ3n) is 5.55. The number of nitrogens with zero attached hydrogens (tertiary/aromatic N) is 2. The number of benzene rings is 2. The second kappa shape index (κ2) is 6.82. The second-order valence-corrected chi connectivity index (χ2v) is 7.86. The van der Waals surface area contributed by atoms with Gasteiger partial charge in [-0.3, -0.25) is 14.5 Å². The zero-order valence-electron chi connectivity index (χ0n) is 16.3. The van der Waals surface area contributed by atoms with Crippen molar-refractivity contribution in [2.45, 2.75) is 19.9 Å². The summed E-state index contributed by atoms with van der Waals surface area (Å²) in [5.74, 6) is 0.0898. The Morgan fingerprint density at radius 3 is 2.53 bits per heavy atom. The molecule has 2 aromatic carbocycles. The molecular weight excluding hydrogens is 400 g/mol. The van der Waals surface area contributed by atoms with Gasteiger partial charge in [-0.1, -0.05) is 29.8 Å². The van der Waals surface area contributed by atoms with Crippen molar-refractivity contribution in [1.82, 2.24) is 4.98 Å². The maximum Gasteiger partial charge on any atom is 0.296 e. The van der Waals surface area contributed by atoms with E-state index in [-0.39, 0.29) is 11.2 Å². The smallest absolute Gasteiger partial charge is 0.296 e. The minimum atomic E-state index is -0.677. The van der Waals surface area contributed by atoms with Crippen LogP contribution in [0.15, 0.2) is 70.0 Å². The van der Waals surface area contributed by atoms with Gasteiger partial charge < -0.3 is 4.42 Å². The highest BCUT2D eigenvalue weighted by Gasteiger charge is 2.44. The molecule has 3 heterocycles. The highest BCUT2D eigenvalue weighted by molar-refractivity contribution is 6.30. The molecule has 1 aliphatic rings. The lowest BCUT2D eigenvalue weighted by molar-refractivity contribution is 0.0970. The number of carbonyl (C=O) groups is 1. The van der Waals surface area contributed by atoms with Crippen LogP contribution >= 0.6 is 11.6 Å². The van der Waals surface area contributed by atoms with Crippen LogP contribution in [-0.2, 0) is 0 Å². The summed E-state index contributed by atoms with van der Waals surface area (Å²) < 4.78 is 6.01. The first-order chi connectivity index (χ1) is 14.5. The van der Waals surface area contributed by atoms with Crippen LogP contribution in [0.25, 0.3) is 11.0 Å². The molecule has 0 spiro atoms. The summed E-state index contributed by atoms with van der Waals surface area (Å²) in [5.41, 5.74) is 3.19. The predicted molar refractivity (Wildman–Crippen MR) is 116 cm³/mol. The third-order valence-corrected chi connectivity index (χ3v) is 5.78. The molecule has 0 N–H and O–H groups in total. The summed E-state index contributed by atoms with van der Waals surface area (Å²) in [4.78, 5) is 32.9. The van der Waals surface area contributed by atoms with E-state index in [1.807, 2.05) is 26.0 Å². The Balaban J connectivity index is 1.85. The summed E-state index contributed by atoms with van der Waals surface area (Å²) in [7, 11) is 0. The number of carbonyl (C=O) groups excluding carboxylic acids is 1. The second-order valence-electron chi connectivity index (χ2n) is 7.43. The molecule has 2 aromatic heterocycles. The number of rotatable bonds is 2. The molecule has 0 saturated heterocycles. The van der Waals surface area contributed by atoms with Gasteiger partial charge in [0.15, 0.2) is 5.43 Å². The van der Waals surface area contributed by atoms with Gasteiger partial charge in [-0.05, 0) is 66.9 Å². The average molecular weight is 417 g/mol. The maximum absolute atomic E-state index is 13.6. The standard InChI is InChI=1S/C24H17ClN2O3/c1-13-10-17-18(11-14(13)2)30-23-20(22(17)28)21(15-6-5-7-16(25)12-15)27(24(23)29)19-8-3-4-9-26-19/h3-12,21H,1-2H3. The van der Waals surface area contributed by atoms with Gasteiger partial charge >= 0.3 is 0 Å². The molecule has 1 atom stereocenters. The molecule has 6 heteroatoms. The highest BCUT2D eigenvalue weighted by atomic mass is 35.5. The van der Waals surface area contributed by atoms with Gasteiger partial charge in [0.2, 0.25) is 5.76 Å². The van der Waals surface area contributed by atoms with Crippen LogP contribution in [0.5, 0.6) is 0 Å². The Morgan fingerprint density at radius 1 is 1.00 bits per heavy atom. The van der Waals surface area contributed by atoms with Crippen LogP contribution in [0.3, 0.4) is 0 Å². The SMILES string of the molecule is Cc1cc2oc3c(c(=O)c2cc1C)C(c1cccc(Cl)c1)N(c1ccccn1)C3=O. The van der Waals surface area contributed by atoms with E-state index in [4.69, 9.17) is 16.0 Å². The molecule has 1 amide bonds. The zero-order chi connectivity index (χ0) is 21.0. The van der Waals surface area contributed by atoms with E-state index in [1.54, 1.807) is 48.7 Å². The topological polar surface area (TPSA) is 63.4 Å². The minimum absolute atomic E-state index is 0.0476. The van der Waals surface area contributed by atoms with Crippen molar-refractivity contribution in [3.8, 4) is 0 Å². The molecule has 1 aliphatic heterocycles. The quantitative estimate of drug-likeness (QED) is 0.450. The Bertz CT molecular complexity index is 1380. The molecule has 5 rings (SSSR count). The zero-order valence-corrected chi connectivity index (χ0v) is 17.1. The largest absolute Gasteiger partial charge is 0.450 e. The predicted octanol–water partition coefficient (Wildman–Crippen LogP) is 5.21. The lowest BCUT2D eigenvalue weighted by atomic mass is 9.97. The van der Waals surface area contributed by atoms with E-state index < -0.39 is 11.9 Å². The summed E-state index contributed by atoms with van der Waals surface area (Å²) in [6.07, 6.45) is 1.61. The van der Waals surface area contributed by atoms with Crippen molar-refractivity contribution in [3.63, 3.8) is 0 Å². The van der Waals surface area contributed by atoms with Crippen molar-refractivity contribution in [2.24, 2.45) is 0 Å². The maximum atomic E-state index is 13.6. The summed E-state index contributed by atoms with van der Waals surface area (Å²) in [6.45, 7) is 3.89. The Morgan fingerprint density at radius 2 is 1.80 bits per heavy atom. The molecule has 30 heavy (non-hydrogen) atoms. The molecule has 0 fully saturated rings. The minimum Gasteiger partial charge on any atom is -0.450 e. The average Bonchev–Trinajstić information content (AvgIpc) is 3.03. The van der Waals surface area contributed by atoms with Gasteiger partial charge in [0.05, 0.1) is 17.0 Å². The van der Waals surface area contributed by atoms with Gasteiger partial charge in [0, 0.05) is 11.2 Å². The van der Waals surface area contributed by atoms with Gasteiger partial charge in [0.25, 0.3) is 5.91 Å². The number of aryl methyl sites for hydroxylation is 2. The van der Waals surface area contributed by atoms with Gasteiger partial charge in [-0.2, -0.15) is 0 Å². The van der Waals surface area contributed by atoms with Crippen LogP contribution in [0.4, 0.5) is 5.82 Å². The van der Waals surface area contributed by atoms with Crippen LogP contribution < -0.4 is 10.3 Å². The Hall–Kier alpha value is -3.44. The normalized spacial score (nSPS) is 15.6. The van der Waals surface area contributed by atoms with E-state index >= 15 is 0 Å². The number of halogens is 1. The monoisotopic (exact) mass is 416 g/mol. The molecule has 4 aromatic rings. The number of aromatic nitrogens is 1. The number of fused-ring (bicyclic) bond motifs is 2. The number of hydrogen-bond acceptors (Lipinski definition) is 4. The molecule has 148 valence electrons. The number of pyridine rings is 1.